The molecule has 1 rings (SSSR count). The Hall–Kier alpha value is -1.27. The Bertz CT molecular complexity index is 422. The van der Waals surface area contributed by atoms with Crippen LogP contribution in [0.2, 0.25) is 0 Å². The largest absolute Gasteiger partial charge is 0.506 e. The predicted octanol–water partition coefficient (Wildman–Crippen LogP) is 0.967. The van der Waals surface area contributed by atoms with Crippen LogP contribution in [0, 0.1) is 6.92 Å². The van der Waals surface area contributed by atoms with Gasteiger partial charge in [-0.2, -0.15) is 13.1 Å². The number of aryl methyl sites for hydroxylation is 1. The van der Waals surface area contributed by atoms with Gasteiger partial charge in [0.2, 0.25) is 0 Å². The Balaban J connectivity index is 2.99. The van der Waals surface area contributed by atoms with Crippen LogP contribution in [0.1, 0.15) is 12.5 Å². The summed E-state index contributed by atoms with van der Waals surface area (Å²) in [5.74, 6) is -0.0866. The van der Waals surface area contributed by atoms with E-state index >= 15 is 0 Å². The minimum absolute atomic E-state index is 0.0866. The van der Waals surface area contributed by atoms with Crippen LogP contribution < -0.4 is 9.44 Å². The van der Waals surface area contributed by atoms with E-state index in [9.17, 15) is 13.5 Å². The molecule has 84 valence electrons. The molecular weight excluding hydrogens is 216 g/mol. The second-order valence-corrected chi connectivity index (χ2v) is 4.57. The van der Waals surface area contributed by atoms with Gasteiger partial charge in [-0.05, 0) is 18.6 Å². The highest BCUT2D eigenvalue weighted by Gasteiger charge is 2.12. The number of para-hydroxylation sites is 1. The summed E-state index contributed by atoms with van der Waals surface area (Å²) in [6, 6.07) is 4.79. The van der Waals surface area contributed by atoms with Gasteiger partial charge < -0.3 is 5.11 Å². The third-order valence-electron chi connectivity index (χ3n) is 1.82. The third-order valence-corrected chi connectivity index (χ3v) is 2.96. The highest BCUT2D eigenvalue weighted by Crippen LogP contribution is 2.26. The number of rotatable bonds is 4. The lowest BCUT2D eigenvalue weighted by Crippen LogP contribution is -2.30. The molecule has 0 fully saturated rings. The summed E-state index contributed by atoms with van der Waals surface area (Å²) >= 11 is 0. The second kappa shape index (κ2) is 4.50. The van der Waals surface area contributed by atoms with Crippen molar-refractivity contribution < 1.29 is 13.5 Å². The third kappa shape index (κ3) is 3.10. The smallest absolute Gasteiger partial charge is 0.299 e. The van der Waals surface area contributed by atoms with E-state index in [1.807, 2.05) is 0 Å². The van der Waals surface area contributed by atoms with Gasteiger partial charge in [0.05, 0.1) is 5.69 Å². The Morgan fingerprint density at radius 2 is 2.07 bits per heavy atom. The summed E-state index contributed by atoms with van der Waals surface area (Å²) < 4.78 is 27.3. The van der Waals surface area contributed by atoms with Crippen molar-refractivity contribution in [3.63, 3.8) is 0 Å². The summed E-state index contributed by atoms with van der Waals surface area (Å²) in [5, 5.41) is 9.47. The molecule has 1 aromatic carbocycles. The normalized spacial score (nSPS) is 11.3. The minimum Gasteiger partial charge on any atom is -0.506 e. The molecule has 1 aromatic rings. The lowest BCUT2D eigenvalue weighted by atomic mass is 10.2. The average molecular weight is 230 g/mol. The summed E-state index contributed by atoms with van der Waals surface area (Å²) in [4.78, 5) is 0. The van der Waals surface area contributed by atoms with Gasteiger partial charge in [0.15, 0.2) is 0 Å². The van der Waals surface area contributed by atoms with Crippen molar-refractivity contribution in [3.8, 4) is 5.75 Å². The van der Waals surface area contributed by atoms with E-state index in [2.05, 4.69) is 9.44 Å². The van der Waals surface area contributed by atoms with E-state index in [0.717, 1.165) is 0 Å². The maximum absolute atomic E-state index is 11.4. The van der Waals surface area contributed by atoms with E-state index in [1.54, 1.807) is 26.0 Å². The van der Waals surface area contributed by atoms with Crippen LogP contribution in [0.3, 0.4) is 0 Å². The molecule has 5 nitrogen and oxygen atoms in total. The number of aromatic hydroxyl groups is 1. The maximum atomic E-state index is 11.4. The fourth-order valence-corrected chi connectivity index (χ4v) is 2.13. The van der Waals surface area contributed by atoms with Crippen LogP contribution in [-0.4, -0.2) is 20.1 Å². The quantitative estimate of drug-likeness (QED) is 0.674. The van der Waals surface area contributed by atoms with Gasteiger partial charge in [0, 0.05) is 6.54 Å². The summed E-state index contributed by atoms with van der Waals surface area (Å²) in [6.45, 7) is 3.68. The van der Waals surface area contributed by atoms with Crippen LogP contribution in [-0.2, 0) is 10.2 Å². The van der Waals surface area contributed by atoms with Gasteiger partial charge >= 0.3 is 0 Å². The van der Waals surface area contributed by atoms with Crippen molar-refractivity contribution in [3.05, 3.63) is 23.8 Å². The van der Waals surface area contributed by atoms with Crippen molar-refractivity contribution in [2.24, 2.45) is 0 Å². The zero-order chi connectivity index (χ0) is 11.5. The molecule has 0 spiro atoms. The van der Waals surface area contributed by atoms with Gasteiger partial charge in [0.1, 0.15) is 5.75 Å². The molecule has 0 aliphatic heterocycles. The van der Waals surface area contributed by atoms with Gasteiger partial charge in [0.25, 0.3) is 10.2 Å². The summed E-state index contributed by atoms with van der Waals surface area (Å²) in [7, 11) is -3.59. The molecule has 0 atom stereocenters. The molecule has 0 amide bonds. The first-order chi connectivity index (χ1) is 6.96. The number of phenolic OH excluding ortho intramolecular Hbond substituents is 1. The molecule has 15 heavy (non-hydrogen) atoms. The van der Waals surface area contributed by atoms with E-state index < -0.39 is 10.2 Å². The van der Waals surface area contributed by atoms with E-state index in [-0.39, 0.29) is 11.4 Å². The highest BCUT2D eigenvalue weighted by molar-refractivity contribution is 7.90. The molecule has 0 unspecified atom stereocenters. The molecule has 0 aromatic heterocycles. The van der Waals surface area contributed by atoms with Crippen LogP contribution in [0.4, 0.5) is 5.69 Å². The average Bonchev–Trinajstić information content (AvgIpc) is 2.11. The number of hydrogen-bond acceptors (Lipinski definition) is 3. The molecule has 3 N–H and O–H groups in total. The van der Waals surface area contributed by atoms with Crippen LogP contribution in [0.15, 0.2) is 18.2 Å². The van der Waals surface area contributed by atoms with Gasteiger partial charge in [-0.25, -0.2) is 0 Å². The van der Waals surface area contributed by atoms with Crippen molar-refractivity contribution in [2.75, 3.05) is 11.3 Å². The SMILES string of the molecule is CCNS(=O)(=O)Nc1c(C)cccc1O. The van der Waals surface area contributed by atoms with E-state index in [0.29, 0.717) is 12.1 Å². The first-order valence-corrected chi connectivity index (χ1v) is 6.00. The maximum Gasteiger partial charge on any atom is 0.299 e. The fraction of sp³-hybridized carbons (Fsp3) is 0.333. The first-order valence-electron chi connectivity index (χ1n) is 4.52. The number of benzene rings is 1. The Morgan fingerprint density at radius 3 is 2.60 bits per heavy atom. The Kier molecular flexibility index (Phi) is 3.54. The summed E-state index contributed by atoms with van der Waals surface area (Å²) in [6.07, 6.45) is 0. The zero-order valence-electron chi connectivity index (χ0n) is 8.61. The van der Waals surface area contributed by atoms with Gasteiger partial charge in [-0.15, -0.1) is 0 Å². The minimum atomic E-state index is -3.59. The van der Waals surface area contributed by atoms with Crippen LogP contribution in [0.25, 0.3) is 0 Å². The first kappa shape index (κ1) is 11.8. The van der Waals surface area contributed by atoms with Gasteiger partial charge in [-0.3, -0.25) is 4.72 Å². The van der Waals surface area contributed by atoms with Crippen molar-refractivity contribution >= 4 is 15.9 Å². The molecule has 0 aliphatic carbocycles. The molecule has 6 heteroatoms. The molecule has 0 saturated carbocycles. The molecule has 0 heterocycles. The lowest BCUT2D eigenvalue weighted by molar-refractivity contribution is 0.477. The van der Waals surface area contributed by atoms with Crippen molar-refractivity contribution in [2.45, 2.75) is 13.8 Å². The number of nitrogens with one attached hydrogen (secondary N) is 2. The number of hydrogen-bond donors (Lipinski definition) is 3. The fourth-order valence-electron chi connectivity index (χ4n) is 1.15. The van der Waals surface area contributed by atoms with Crippen LogP contribution >= 0.6 is 0 Å². The summed E-state index contributed by atoms with van der Waals surface area (Å²) in [5.41, 5.74) is 0.870. The monoisotopic (exact) mass is 230 g/mol. The zero-order valence-corrected chi connectivity index (χ0v) is 9.43. The van der Waals surface area contributed by atoms with E-state index in [4.69, 9.17) is 0 Å². The predicted molar refractivity (Wildman–Crippen MR) is 59.1 cm³/mol. The van der Waals surface area contributed by atoms with Crippen LogP contribution in [0.5, 0.6) is 5.75 Å². The molecular formula is C9H14N2O3S. The second-order valence-electron chi connectivity index (χ2n) is 3.07. The molecule has 0 aliphatic rings. The topological polar surface area (TPSA) is 78.4 Å². The number of anilines is 1. The Labute approximate surface area is 89.3 Å². The van der Waals surface area contributed by atoms with Crippen molar-refractivity contribution in [1.29, 1.82) is 0 Å². The van der Waals surface area contributed by atoms with Crippen molar-refractivity contribution in [1.82, 2.24) is 4.72 Å². The molecule has 0 saturated heterocycles. The standard InChI is InChI=1S/C9H14N2O3S/c1-3-10-15(13,14)11-9-7(2)5-4-6-8(9)12/h4-6,10-12H,3H2,1-2H3. The highest BCUT2D eigenvalue weighted by atomic mass is 32.2. The molecule has 0 bridgehead atoms. The molecule has 0 radical (unpaired) electrons. The van der Waals surface area contributed by atoms with E-state index in [1.165, 1.54) is 6.07 Å². The number of phenols is 1. The Morgan fingerprint density at radius 1 is 1.40 bits per heavy atom. The van der Waals surface area contributed by atoms with Gasteiger partial charge in [-0.1, -0.05) is 19.1 Å². The lowest BCUT2D eigenvalue weighted by Gasteiger charge is -2.11.